The number of benzene rings is 2. The van der Waals surface area contributed by atoms with E-state index in [9.17, 15) is 19.8 Å². The van der Waals surface area contributed by atoms with Crippen molar-refractivity contribution < 1.29 is 29.4 Å². The van der Waals surface area contributed by atoms with Crippen molar-refractivity contribution in [1.82, 2.24) is 19.6 Å². The van der Waals surface area contributed by atoms with Gasteiger partial charge in [-0.15, -0.1) is 0 Å². The lowest BCUT2D eigenvalue weighted by molar-refractivity contribution is -0.170. The zero-order chi connectivity index (χ0) is 35.3. The Kier molecular flexibility index (Phi) is 5.99. The molecule has 10 aliphatic rings. The lowest BCUT2D eigenvalue weighted by Crippen LogP contribution is -2.79. The number of likely N-dealkylation sites (N-methyl/N-ethyl adjacent to an activating group) is 2. The predicted molar refractivity (Wildman–Crippen MR) is 193 cm³/mol. The van der Waals surface area contributed by atoms with Gasteiger partial charge in [-0.05, 0) is 62.6 Å². The van der Waals surface area contributed by atoms with E-state index >= 15 is 9.59 Å². The van der Waals surface area contributed by atoms with Crippen molar-refractivity contribution in [1.29, 1.82) is 0 Å². The summed E-state index contributed by atoms with van der Waals surface area (Å²) in [6.07, 6.45) is -3.77. The zero-order valence-corrected chi connectivity index (χ0v) is 31.5. The minimum atomic E-state index is -1.75. The van der Waals surface area contributed by atoms with Gasteiger partial charge in [0.2, 0.25) is 9.74 Å². The van der Waals surface area contributed by atoms with Crippen LogP contribution in [0.3, 0.4) is 0 Å². The van der Waals surface area contributed by atoms with Crippen LogP contribution in [0.25, 0.3) is 0 Å². The predicted octanol–water partition coefficient (Wildman–Crippen LogP) is 2.78. The van der Waals surface area contributed by atoms with Gasteiger partial charge in [-0.1, -0.05) is 91.7 Å². The molecule has 10 atom stereocenters. The van der Waals surface area contributed by atoms with Gasteiger partial charge < -0.3 is 30.2 Å². The molecule has 50 heavy (non-hydrogen) atoms. The molecule has 2 aromatic rings. The first-order valence-corrected chi connectivity index (χ1v) is 21.3. The number of nitrogens with zero attached hydrogens (tertiary/aromatic N) is 4. The normalized spacial score (nSPS) is 44.6. The SMILES string of the molecule is CC(C)[C@@]12SS[C@]3(C(=O)N1C)[C@@H](O)[C@]1([C@]45c6ccccc6C[C@H]4N4C(=O)[C@]6(C(C)C)SS[C@]4(C(=O)N6C)[C@H]5O)c4ccccc4N[C@@H]1N3C2=O. The third-order valence-electron chi connectivity index (χ3n) is 13.5. The zero-order valence-electron chi connectivity index (χ0n) is 28.2. The Morgan fingerprint density at radius 1 is 0.680 bits per heavy atom. The number of nitrogens with one attached hydrogen (secondary N) is 1. The first-order valence-electron chi connectivity index (χ1n) is 17.0. The number of carbonyl (C=O) groups excluding carboxylic acids is 4. The van der Waals surface area contributed by atoms with Gasteiger partial charge in [0.1, 0.15) is 18.4 Å². The highest BCUT2D eigenvalue weighted by atomic mass is 33.1. The van der Waals surface area contributed by atoms with Crippen molar-refractivity contribution in [2.24, 2.45) is 11.8 Å². The molecule has 3 N–H and O–H groups in total. The van der Waals surface area contributed by atoms with E-state index in [-0.39, 0.29) is 35.5 Å². The lowest BCUT2D eigenvalue weighted by Gasteiger charge is -2.60. The number of carbonyl (C=O) groups is 4. The molecule has 12 rings (SSSR count). The first-order chi connectivity index (χ1) is 23.7. The highest BCUT2D eigenvalue weighted by molar-refractivity contribution is 8.78. The molecule has 0 saturated carbocycles. The minimum absolute atomic E-state index is 0.246. The number of hydrogen-bond donors (Lipinski definition) is 3. The number of aliphatic hydroxyl groups is 2. The molecule has 8 fully saturated rings. The molecular formula is C35H37N5O6S4. The van der Waals surface area contributed by atoms with E-state index in [2.05, 4.69) is 5.32 Å². The van der Waals surface area contributed by atoms with Crippen molar-refractivity contribution in [3.8, 4) is 0 Å². The number of piperazine rings is 2. The van der Waals surface area contributed by atoms with Crippen LogP contribution in [-0.4, -0.2) is 111 Å². The number of aliphatic hydroxyl groups excluding tert-OH is 2. The number of para-hydroxylation sites is 1. The number of hydrogen-bond acceptors (Lipinski definition) is 11. The van der Waals surface area contributed by atoms with Crippen LogP contribution in [0.4, 0.5) is 5.69 Å². The van der Waals surface area contributed by atoms with Crippen LogP contribution < -0.4 is 5.32 Å². The summed E-state index contributed by atoms with van der Waals surface area (Å²) in [7, 11) is 8.39. The lowest BCUT2D eigenvalue weighted by atomic mass is 9.51. The monoisotopic (exact) mass is 751 g/mol. The molecule has 0 unspecified atom stereocenters. The van der Waals surface area contributed by atoms with E-state index in [1.165, 1.54) is 53.0 Å². The van der Waals surface area contributed by atoms with Crippen molar-refractivity contribution in [3.63, 3.8) is 0 Å². The standard InChI is InChI=1S/C35H37N5O6S4/c1-16(2)32-28(45)39-22-15-18-11-7-8-12-19(18)30(22,23(41)34(39,49-47-32)26(43)37(32)5)31-20-13-9-10-14-21(20)36-25(31)40-29(46)33(17(3)4)38(6)27(44)35(40,24(31)42)50-48-33/h7-14,16-17,22-25,36,41-42H,15H2,1-6H3/t22-,23+,24+,25-,30-,31-,32+,33+,34+,35+/m1/s1. The van der Waals surface area contributed by atoms with Crippen molar-refractivity contribution in [3.05, 3.63) is 65.2 Å². The van der Waals surface area contributed by atoms with Crippen molar-refractivity contribution >= 4 is 72.5 Å². The molecule has 0 radical (unpaired) electrons. The molecule has 9 heterocycles. The van der Waals surface area contributed by atoms with E-state index in [4.69, 9.17) is 0 Å². The maximum atomic E-state index is 15.2. The molecule has 4 bridgehead atoms. The number of rotatable bonds is 3. The van der Waals surface area contributed by atoms with Gasteiger partial charge in [0, 0.05) is 19.8 Å². The van der Waals surface area contributed by atoms with Gasteiger partial charge in [-0.2, -0.15) is 0 Å². The second-order valence-corrected chi connectivity index (χ2v) is 20.7. The van der Waals surface area contributed by atoms with Crippen LogP contribution in [0, 0.1) is 11.8 Å². The summed E-state index contributed by atoms with van der Waals surface area (Å²) in [6.45, 7) is 7.72. The van der Waals surface area contributed by atoms with Gasteiger partial charge in [-0.3, -0.25) is 24.1 Å². The van der Waals surface area contributed by atoms with Crippen LogP contribution in [0.1, 0.15) is 44.4 Å². The van der Waals surface area contributed by atoms with E-state index in [0.717, 1.165) is 11.1 Å². The quantitative estimate of drug-likeness (QED) is 0.400. The van der Waals surface area contributed by atoms with Crippen LogP contribution >= 0.6 is 43.2 Å². The summed E-state index contributed by atoms with van der Waals surface area (Å²) in [4.78, 5) is 60.7. The average Bonchev–Trinajstić information content (AvgIpc) is 3.74. The second-order valence-electron chi connectivity index (χ2n) is 15.5. The minimum Gasteiger partial charge on any atom is -0.388 e. The Morgan fingerprint density at radius 2 is 1.18 bits per heavy atom. The molecule has 4 amide bonds. The number of amides is 4. The van der Waals surface area contributed by atoms with Crippen LogP contribution in [0.5, 0.6) is 0 Å². The fourth-order valence-electron chi connectivity index (χ4n) is 11.5. The Bertz CT molecular complexity index is 1860. The van der Waals surface area contributed by atoms with E-state index in [1.54, 1.807) is 23.9 Å². The largest absolute Gasteiger partial charge is 0.388 e. The molecule has 0 aromatic heterocycles. The van der Waals surface area contributed by atoms with Gasteiger partial charge >= 0.3 is 0 Å². The Balaban J connectivity index is 1.33. The summed E-state index contributed by atoms with van der Waals surface area (Å²) in [5.41, 5.74) is -0.196. The van der Waals surface area contributed by atoms with Crippen molar-refractivity contribution in [2.45, 2.75) is 88.8 Å². The van der Waals surface area contributed by atoms with E-state index in [1.807, 2.05) is 76.2 Å². The molecule has 15 heteroatoms. The molecule has 262 valence electrons. The maximum absolute atomic E-state index is 15.2. The van der Waals surface area contributed by atoms with Crippen LogP contribution in [0.2, 0.25) is 0 Å². The number of fused-ring (bicyclic) bond motifs is 11. The summed E-state index contributed by atoms with van der Waals surface area (Å²) in [5, 5.41) is 30.7. The average molecular weight is 752 g/mol. The topological polar surface area (TPSA) is 134 Å². The van der Waals surface area contributed by atoms with Gasteiger partial charge in [0.05, 0.1) is 16.9 Å². The molecule has 9 aliphatic heterocycles. The molecular weight excluding hydrogens is 715 g/mol. The Hall–Kier alpha value is -2.56. The molecule has 2 aromatic carbocycles. The fraction of sp³-hybridized carbons (Fsp3) is 0.543. The smallest absolute Gasteiger partial charge is 0.264 e. The maximum Gasteiger partial charge on any atom is 0.264 e. The third kappa shape index (κ3) is 2.70. The van der Waals surface area contributed by atoms with E-state index in [0.29, 0.717) is 17.7 Å². The summed E-state index contributed by atoms with van der Waals surface area (Å²) >= 11 is 0. The summed E-state index contributed by atoms with van der Waals surface area (Å²) in [5.74, 6) is -1.79. The molecule has 1 aliphatic carbocycles. The second kappa shape index (κ2) is 9.32. The molecule has 11 nitrogen and oxygen atoms in total. The summed E-state index contributed by atoms with van der Waals surface area (Å²) < 4.78 is 0. The van der Waals surface area contributed by atoms with Crippen LogP contribution in [-0.2, 0) is 36.4 Å². The Labute approximate surface area is 305 Å². The van der Waals surface area contributed by atoms with Gasteiger partial charge in [0.15, 0.2) is 9.74 Å². The van der Waals surface area contributed by atoms with E-state index < -0.39 is 54.7 Å². The summed E-state index contributed by atoms with van der Waals surface area (Å²) in [6, 6.07) is 14.5. The first kappa shape index (κ1) is 32.1. The third-order valence-corrected chi connectivity index (χ3v) is 21.3. The number of anilines is 1. The highest BCUT2D eigenvalue weighted by Gasteiger charge is 2.93. The fourth-order valence-corrected chi connectivity index (χ4v) is 19.9. The molecule has 2 spiro atoms. The van der Waals surface area contributed by atoms with Crippen LogP contribution in [0.15, 0.2) is 48.5 Å². The van der Waals surface area contributed by atoms with Crippen molar-refractivity contribution in [2.75, 3.05) is 19.4 Å². The highest BCUT2D eigenvalue weighted by Crippen LogP contribution is 2.79. The van der Waals surface area contributed by atoms with Gasteiger partial charge in [0.25, 0.3) is 23.6 Å². The van der Waals surface area contributed by atoms with Gasteiger partial charge in [-0.25, -0.2) is 0 Å². The molecule has 8 saturated heterocycles. The Morgan fingerprint density at radius 3 is 1.78 bits per heavy atom.